The van der Waals surface area contributed by atoms with Gasteiger partial charge in [-0.2, -0.15) is 13.2 Å². The monoisotopic (exact) mass is 323 g/mol. The Balaban J connectivity index is 1.61. The molecule has 0 atom stereocenters. The van der Waals surface area contributed by atoms with Crippen LogP contribution in [0.15, 0.2) is 36.8 Å². The molecule has 1 aliphatic heterocycles. The Bertz CT molecular complexity index is 639. The summed E-state index contributed by atoms with van der Waals surface area (Å²) in [5.74, 6) is 0.140. The second-order valence-corrected chi connectivity index (χ2v) is 5.36. The molecule has 0 bridgehead atoms. The highest BCUT2D eigenvalue weighted by atomic mass is 19.4. The highest BCUT2D eigenvalue weighted by molar-refractivity contribution is 5.31. The molecule has 3 heterocycles. The lowest BCUT2D eigenvalue weighted by molar-refractivity contribution is -0.141. The highest BCUT2D eigenvalue weighted by Crippen LogP contribution is 2.28. The van der Waals surface area contributed by atoms with E-state index in [2.05, 4.69) is 19.9 Å². The first kappa shape index (κ1) is 15.7. The van der Waals surface area contributed by atoms with Gasteiger partial charge in [-0.15, -0.1) is 0 Å². The zero-order chi connectivity index (χ0) is 16.3. The molecule has 3 rings (SSSR count). The Morgan fingerprint density at radius 1 is 1.04 bits per heavy atom. The van der Waals surface area contributed by atoms with Crippen LogP contribution in [0.5, 0.6) is 0 Å². The number of alkyl halides is 3. The normalized spacial score (nSPS) is 16.6. The van der Waals surface area contributed by atoms with Gasteiger partial charge >= 0.3 is 6.18 Å². The van der Waals surface area contributed by atoms with Crippen molar-refractivity contribution in [3.63, 3.8) is 0 Å². The van der Waals surface area contributed by atoms with Gasteiger partial charge in [-0.1, -0.05) is 6.07 Å². The van der Waals surface area contributed by atoms with Crippen LogP contribution in [0, 0.1) is 0 Å². The third-order valence-electron chi connectivity index (χ3n) is 3.72. The van der Waals surface area contributed by atoms with Gasteiger partial charge in [-0.05, 0) is 17.7 Å². The topological polar surface area (TPSA) is 45.2 Å². The quantitative estimate of drug-likeness (QED) is 0.867. The summed E-state index contributed by atoms with van der Waals surface area (Å²) in [6, 6.07) is 4.79. The number of anilines is 1. The summed E-state index contributed by atoms with van der Waals surface area (Å²) < 4.78 is 38.1. The fraction of sp³-hybridized carbons (Fsp3) is 0.400. The molecule has 0 radical (unpaired) electrons. The molecule has 0 aliphatic carbocycles. The summed E-state index contributed by atoms with van der Waals surface area (Å²) in [5, 5.41) is 0. The molecule has 2 aromatic rings. The van der Waals surface area contributed by atoms with Crippen LogP contribution in [-0.2, 0) is 12.7 Å². The van der Waals surface area contributed by atoms with Crippen molar-refractivity contribution >= 4 is 5.95 Å². The molecule has 1 aliphatic rings. The number of pyridine rings is 1. The molecular weight excluding hydrogens is 307 g/mol. The number of nitrogens with zero attached hydrogens (tertiary/aromatic N) is 5. The molecule has 0 N–H and O–H groups in total. The third kappa shape index (κ3) is 3.95. The van der Waals surface area contributed by atoms with Crippen molar-refractivity contribution < 1.29 is 13.2 Å². The number of hydrogen-bond acceptors (Lipinski definition) is 5. The van der Waals surface area contributed by atoms with E-state index in [1.54, 1.807) is 11.1 Å². The van der Waals surface area contributed by atoms with Crippen LogP contribution in [0.1, 0.15) is 11.3 Å². The van der Waals surface area contributed by atoms with Crippen molar-refractivity contribution in [2.24, 2.45) is 0 Å². The first-order chi connectivity index (χ1) is 11.0. The molecule has 5 nitrogen and oxygen atoms in total. The van der Waals surface area contributed by atoms with Crippen molar-refractivity contribution in [3.8, 4) is 0 Å². The van der Waals surface area contributed by atoms with Crippen molar-refractivity contribution in [1.82, 2.24) is 19.9 Å². The molecular formula is C15H16F3N5. The summed E-state index contributed by atoms with van der Waals surface area (Å²) in [6.45, 7) is 3.47. The van der Waals surface area contributed by atoms with E-state index in [1.165, 1.54) is 0 Å². The summed E-state index contributed by atoms with van der Waals surface area (Å²) in [5.41, 5.74) is 0.219. The van der Waals surface area contributed by atoms with E-state index in [0.29, 0.717) is 13.1 Å². The van der Waals surface area contributed by atoms with Gasteiger partial charge in [0.25, 0.3) is 0 Å². The molecule has 0 saturated carbocycles. The smallest absolute Gasteiger partial charge is 0.338 e. The van der Waals surface area contributed by atoms with E-state index in [0.717, 1.165) is 37.5 Å². The predicted octanol–water partition coefficient (Wildman–Crippen LogP) is 2.21. The van der Waals surface area contributed by atoms with Gasteiger partial charge < -0.3 is 4.90 Å². The molecule has 1 fully saturated rings. The molecule has 1 saturated heterocycles. The Labute approximate surface area is 131 Å². The van der Waals surface area contributed by atoms with Crippen LogP contribution in [-0.4, -0.2) is 46.0 Å². The summed E-state index contributed by atoms with van der Waals surface area (Å²) >= 11 is 0. The van der Waals surface area contributed by atoms with Gasteiger partial charge in [-0.25, -0.2) is 9.97 Å². The summed E-state index contributed by atoms with van der Waals surface area (Å²) in [4.78, 5) is 15.7. The SMILES string of the molecule is FC(F)(F)c1ccnc(N2CCN(Cc3cccnc3)CC2)n1. The average Bonchev–Trinajstić information content (AvgIpc) is 2.56. The van der Waals surface area contributed by atoms with E-state index in [4.69, 9.17) is 0 Å². The van der Waals surface area contributed by atoms with E-state index in [1.807, 2.05) is 18.3 Å². The largest absolute Gasteiger partial charge is 0.433 e. The fourth-order valence-electron chi connectivity index (χ4n) is 2.51. The summed E-state index contributed by atoms with van der Waals surface area (Å²) in [6.07, 6.45) is 0.266. The van der Waals surface area contributed by atoms with Gasteiger partial charge in [0.2, 0.25) is 5.95 Å². The molecule has 2 aromatic heterocycles. The van der Waals surface area contributed by atoms with Gasteiger partial charge in [0.1, 0.15) is 5.69 Å². The van der Waals surface area contributed by atoms with Crippen LogP contribution >= 0.6 is 0 Å². The minimum Gasteiger partial charge on any atom is -0.338 e. The van der Waals surface area contributed by atoms with E-state index < -0.39 is 11.9 Å². The number of aromatic nitrogens is 3. The first-order valence-electron chi connectivity index (χ1n) is 7.29. The van der Waals surface area contributed by atoms with Gasteiger partial charge in [0, 0.05) is 51.3 Å². The minimum absolute atomic E-state index is 0.140. The number of piperazine rings is 1. The number of hydrogen-bond donors (Lipinski definition) is 0. The zero-order valence-electron chi connectivity index (χ0n) is 12.4. The maximum Gasteiger partial charge on any atom is 0.433 e. The zero-order valence-corrected chi connectivity index (χ0v) is 12.4. The van der Waals surface area contributed by atoms with Crippen molar-refractivity contribution in [3.05, 3.63) is 48.0 Å². The van der Waals surface area contributed by atoms with Gasteiger partial charge in [0.15, 0.2) is 0 Å². The van der Waals surface area contributed by atoms with Crippen LogP contribution < -0.4 is 4.90 Å². The van der Waals surface area contributed by atoms with Crippen LogP contribution in [0.25, 0.3) is 0 Å². The standard InChI is InChI=1S/C15H16F3N5/c16-15(17,18)13-3-5-20-14(21-13)23-8-6-22(7-9-23)11-12-2-1-4-19-10-12/h1-5,10H,6-9,11H2. The second kappa shape index (κ2) is 6.49. The van der Waals surface area contributed by atoms with Crippen LogP contribution in [0.3, 0.4) is 0 Å². The molecule has 8 heteroatoms. The van der Waals surface area contributed by atoms with Gasteiger partial charge in [-0.3, -0.25) is 9.88 Å². The lowest BCUT2D eigenvalue weighted by atomic mass is 10.2. The van der Waals surface area contributed by atoms with E-state index in [-0.39, 0.29) is 5.95 Å². The molecule has 23 heavy (non-hydrogen) atoms. The van der Waals surface area contributed by atoms with E-state index >= 15 is 0 Å². The summed E-state index contributed by atoms with van der Waals surface area (Å²) in [7, 11) is 0. The molecule has 0 spiro atoms. The second-order valence-electron chi connectivity index (χ2n) is 5.36. The highest BCUT2D eigenvalue weighted by Gasteiger charge is 2.33. The third-order valence-corrected chi connectivity index (χ3v) is 3.72. The predicted molar refractivity (Wildman–Crippen MR) is 78.8 cm³/mol. The molecule has 0 amide bonds. The molecule has 0 unspecified atom stereocenters. The fourth-order valence-corrected chi connectivity index (χ4v) is 2.51. The van der Waals surface area contributed by atoms with Crippen LogP contribution in [0.2, 0.25) is 0 Å². The Hall–Kier alpha value is -2.22. The molecule has 122 valence electrons. The first-order valence-corrected chi connectivity index (χ1v) is 7.29. The maximum absolute atomic E-state index is 12.7. The minimum atomic E-state index is -4.44. The van der Waals surface area contributed by atoms with Crippen molar-refractivity contribution in [1.29, 1.82) is 0 Å². The van der Waals surface area contributed by atoms with Crippen molar-refractivity contribution in [2.45, 2.75) is 12.7 Å². The average molecular weight is 323 g/mol. The lowest BCUT2D eigenvalue weighted by Gasteiger charge is -2.34. The maximum atomic E-state index is 12.7. The Morgan fingerprint density at radius 3 is 2.48 bits per heavy atom. The lowest BCUT2D eigenvalue weighted by Crippen LogP contribution is -2.46. The van der Waals surface area contributed by atoms with E-state index in [9.17, 15) is 13.2 Å². The van der Waals surface area contributed by atoms with Crippen LogP contribution in [0.4, 0.5) is 19.1 Å². The van der Waals surface area contributed by atoms with Gasteiger partial charge in [0.05, 0.1) is 0 Å². The number of halogens is 3. The Morgan fingerprint density at radius 2 is 1.83 bits per heavy atom. The van der Waals surface area contributed by atoms with Crippen molar-refractivity contribution in [2.75, 3.05) is 31.1 Å². The number of rotatable bonds is 3. The Kier molecular flexibility index (Phi) is 4.42. The molecule has 0 aromatic carbocycles.